The molecule has 0 aromatic carbocycles. The molecule has 0 atom stereocenters. The van der Waals surface area contributed by atoms with Crippen molar-refractivity contribution in [3.8, 4) is 0 Å². The molecule has 0 aliphatic carbocycles. The highest BCUT2D eigenvalue weighted by atomic mass is 32.3. The highest BCUT2D eigenvalue weighted by molar-refractivity contribution is 7.80. The smallest absolute Gasteiger partial charge is 0.217 e. The second-order valence-corrected chi connectivity index (χ2v) is 8.59. The molecule has 0 heterocycles. The van der Waals surface area contributed by atoms with Crippen molar-refractivity contribution in [3.63, 3.8) is 0 Å². The Morgan fingerprint density at radius 3 is 1.36 bits per heavy atom. The summed E-state index contributed by atoms with van der Waals surface area (Å²) in [4.78, 5) is 0. The Balaban J connectivity index is 0. The van der Waals surface area contributed by atoms with Crippen molar-refractivity contribution in [1.82, 2.24) is 0 Å². The zero-order valence-corrected chi connectivity index (χ0v) is 18.2. The first-order valence-electron chi connectivity index (χ1n) is 10.0. The molecule has 0 rings (SSSR count). The molecule has 0 fully saturated rings. The zero-order chi connectivity index (χ0) is 19.6. The fraction of sp³-hybridized carbons (Fsp3) is 1.00. The van der Waals surface area contributed by atoms with Gasteiger partial charge in [0.1, 0.15) is 0 Å². The van der Waals surface area contributed by atoms with E-state index in [4.69, 9.17) is 0 Å². The fourth-order valence-electron chi connectivity index (χ4n) is 2.54. The highest BCUT2D eigenvalue weighted by Gasteiger charge is 2.09. The van der Waals surface area contributed by atoms with Crippen molar-refractivity contribution in [2.75, 3.05) is 34.3 Å². The first kappa shape index (κ1) is 27.1. The Hall–Kier alpha value is -0.170. The first-order valence-corrected chi connectivity index (χ1v) is 11.3. The minimum atomic E-state index is -4.41. The van der Waals surface area contributed by atoms with Gasteiger partial charge in [-0.25, -0.2) is 8.42 Å². The van der Waals surface area contributed by atoms with Gasteiger partial charge in [0.15, 0.2) is 0 Å². The van der Waals surface area contributed by atoms with Gasteiger partial charge in [0.2, 0.25) is 10.4 Å². The van der Waals surface area contributed by atoms with E-state index in [0.29, 0.717) is 0 Å². The lowest BCUT2D eigenvalue weighted by Gasteiger charge is -2.28. The van der Waals surface area contributed by atoms with Gasteiger partial charge in [-0.1, -0.05) is 71.1 Å². The van der Waals surface area contributed by atoms with Crippen molar-refractivity contribution in [2.24, 2.45) is 0 Å². The molecule has 0 aliphatic rings. The number of unbranched alkanes of at least 4 members (excludes halogenated alkanes) is 11. The van der Waals surface area contributed by atoms with Crippen LogP contribution in [0, 0.1) is 0 Å². The largest absolute Gasteiger partial charge is 0.726 e. The lowest BCUT2D eigenvalue weighted by Crippen LogP contribution is -2.39. The maximum Gasteiger partial charge on any atom is 0.217 e. The first-order chi connectivity index (χ1) is 11.7. The molecule has 0 unspecified atom stereocenters. The van der Waals surface area contributed by atoms with Gasteiger partial charge < -0.3 is 9.04 Å². The molecule has 0 aromatic rings. The van der Waals surface area contributed by atoms with Gasteiger partial charge in [-0.15, -0.1) is 0 Å². The van der Waals surface area contributed by atoms with Gasteiger partial charge in [0, 0.05) is 0 Å². The SMILES string of the molecule is CCCCCCCCCCCCCC[N+](C)(C)CC.COS(=O)(=O)[O-]. The van der Waals surface area contributed by atoms with Crippen molar-refractivity contribution >= 4 is 10.4 Å². The number of nitrogens with zero attached hydrogens (tertiary/aromatic N) is 1. The fourth-order valence-corrected chi connectivity index (χ4v) is 2.54. The second-order valence-electron chi connectivity index (χ2n) is 7.44. The summed E-state index contributed by atoms with van der Waals surface area (Å²) in [5.74, 6) is 0. The van der Waals surface area contributed by atoms with Crippen LogP contribution in [-0.2, 0) is 14.6 Å². The number of hydrogen-bond acceptors (Lipinski definition) is 4. The van der Waals surface area contributed by atoms with E-state index in [-0.39, 0.29) is 0 Å². The topological polar surface area (TPSA) is 66.4 Å². The summed E-state index contributed by atoms with van der Waals surface area (Å²) in [6.45, 7) is 7.20. The van der Waals surface area contributed by atoms with Crippen LogP contribution in [0.5, 0.6) is 0 Å². The summed E-state index contributed by atoms with van der Waals surface area (Å²) >= 11 is 0. The van der Waals surface area contributed by atoms with Gasteiger partial charge in [-0.05, 0) is 19.8 Å². The molecule has 0 bridgehead atoms. The Kier molecular flexibility index (Phi) is 18.7. The lowest BCUT2D eigenvalue weighted by atomic mass is 10.1. The quantitative estimate of drug-likeness (QED) is 0.175. The number of hydrogen-bond donors (Lipinski definition) is 0. The van der Waals surface area contributed by atoms with E-state index >= 15 is 0 Å². The van der Waals surface area contributed by atoms with Crippen LogP contribution in [0.25, 0.3) is 0 Å². The summed E-state index contributed by atoms with van der Waals surface area (Å²) in [5, 5.41) is 0. The monoisotopic (exact) mass is 381 g/mol. The molecule has 154 valence electrons. The third-order valence-electron chi connectivity index (χ3n) is 4.68. The van der Waals surface area contributed by atoms with E-state index in [1.54, 1.807) is 0 Å². The van der Waals surface area contributed by atoms with E-state index in [1.165, 1.54) is 94.6 Å². The Morgan fingerprint density at radius 1 is 0.760 bits per heavy atom. The summed E-state index contributed by atoms with van der Waals surface area (Å²) in [6.07, 6.45) is 17.4. The number of quaternary nitrogens is 1. The van der Waals surface area contributed by atoms with Crippen LogP contribution in [0.3, 0.4) is 0 Å². The van der Waals surface area contributed by atoms with E-state index in [9.17, 15) is 13.0 Å². The third kappa shape index (κ3) is 26.2. The maximum absolute atomic E-state index is 9.22. The Bertz CT molecular complexity index is 370. The summed E-state index contributed by atoms with van der Waals surface area (Å²) in [6, 6.07) is 0. The average Bonchev–Trinajstić information content (AvgIpc) is 2.56. The minimum Gasteiger partial charge on any atom is -0.726 e. The average molecular weight is 382 g/mol. The molecule has 0 spiro atoms. The van der Waals surface area contributed by atoms with Crippen LogP contribution >= 0.6 is 0 Å². The Morgan fingerprint density at radius 2 is 1.08 bits per heavy atom. The molecule has 6 heteroatoms. The molecule has 0 aromatic heterocycles. The number of rotatable bonds is 15. The third-order valence-corrected chi connectivity index (χ3v) is 5.09. The summed E-state index contributed by atoms with van der Waals surface area (Å²) in [7, 11) is 1.09. The van der Waals surface area contributed by atoms with Crippen LogP contribution in [-0.4, -0.2) is 51.7 Å². The predicted molar refractivity (Wildman–Crippen MR) is 105 cm³/mol. The van der Waals surface area contributed by atoms with Crippen molar-refractivity contribution in [1.29, 1.82) is 0 Å². The molecule has 0 amide bonds. The maximum atomic E-state index is 9.22. The van der Waals surface area contributed by atoms with E-state index in [0.717, 1.165) is 7.11 Å². The van der Waals surface area contributed by atoms with Gasteiger partial charge >= 0.3 is 0 Å². The Labute approximate surface area is 157 Å². The molecular weight excluding hydrogens is 338 g/mol. The molecular formula is C19H43NO4S. The molecule has 0 aliphatic heterocycles. The van der Waals surface area contributed by atoms with E-state index in [1.807, 2.05) is 0 Å². The van der Waals surface area contributed by atoms with Crippen LogP contribution < -0.4 is 0 Å². The zero-order valence-electron chi connectivity index (χ0n) is 17.4. The van der Waals surface area contributed by atoms with Gasteiger partial charge in [-0.3, -0.25) is 4.18 Å². The second kappa shape index (κ2) is 17.3. The van der Waals surface area contributed by atoms with Crippen molar-refractivity contribution in [2.45, 2.75) is 90.9 Å². The van der Waals surface area contributed by atoms with Gasteiger partial charge in [-0.2, -0.15) is 0 Å². The van der Waals surface area contributed by atoms with Crippen LogP contribution in [0.15, 0.2) is 0 Å². The molecule has 25 heavy (non-hydrogen) atoms. The minimum absolute atomic E-state index is 0.808. The molecule has 0 radical (unpaired) electrons. The van der Waals surface area contributed by atoms with Crippen molar-refractivity contribution < 1.29 is 21.6 Å². The van der Waals surface area contributed by atoms with Gasteiger partial charge in [0.25, 0.3) is 0 Å². The van der Waals surface area contributed by atoms with Crippen LogP contribution in [0.4, 0.5) is 0 Å². The van der Waals surface area contributed by atoms with Crippen molar-refractivity contribution in [3.05, 3.63) is 0 Å². The van der Waals surface area contributed by atoms with Crippen LogP contribution in [0.2, 0.25) is 0 Å². The molecule has 0 saturated heterocycles. The normalized spacial score (nSPS) is 11.9. The predicted octanol–water partition coefficient (Wildman–Crippen LogP) is 4.88. The molecule has 5 nitrogen and oxygen atoms in total. The summed E-state index contributed by atoms with van der Waals surface area (Å²) < 4.78 is 32.2. The summed E-state index contributed by atoms with van der Waals surface area (Å²) in [5.41, 5.74) is 0. The van der Waals surface area contributed by atoms with E-state index < -0.39 is 10.4 Å². The van der Waals surface area contributed by atoms with E-state index in [2.05, 4.69) is 32.1 Å². The van der Waals surface area contributed by atoms with Crippen LogP contribution in [0.1, 0.15) is 90.9 Å². The molecule has 0 saturated carbocycles. The standard InChI is InChI=1S/C18H40N.CH4O4S/c1-5-7-8-9-10-11-12-13-14-15-16-17-18-19(3,4)6-2;1-5-6(2,3)4/h5-18H2,1-4H3;1H3,(H,2,3,4)/q+1;/p-1. The highest BCUT2D eigenvalue weighted by Crippen LogP contribution is 2.12. The van der Waals surface area contributed by atoms with Gasteiger partial charge in [0.05, 0.1) is 34.3 Å². The molecule has 0 N–H and O–H groups in total. The lowest BCUT2D eigenvalue weighted by molar-refractivity contribution is -0.888.